The standard InChI is InChI=1S/C10H9F3N2O/c11-10(12,13)9(16)3-5-15-7-8-2-1-4-14-6-8/h1-6,15H,7H2/b5-3+. The van der Waals surface area contributed by atoms with E-state index in [0.29, 0.717) is 12.6 Å². The van der Waals surface area contributed by atoms with Crippen molar-refractivity contribution < 1.29 is 18.0 Å². The van der Waals surface area contributed by atoms with Crippen LogP contribution in [0, 0.1) is 0 Å². The molecule has 0 amide bonds. The molecule has 0 fully saturated rings. The highest BCUT2D eigenvalue weighted by atomic mass is 19.4. The Hall–Kier alpha value is -1.85. The molecule has 1 heterocycles. The number of ketones is 1. The minimum absolute atomic E-state index is 0.315. The smallest absolute Gasteiger partial charge is 0.387 e. The van der Waals surface area contributed by atoms with Gasteiger partial charge in [-0.3, -0.25) is 9.78 Å². The van der Waals surface area contributed by atoms with Crippen LogP contribution in [0.3, 0.4) is 0 Å². The van der Waals surface area contributed by atoms with Gasteiger partial charge in [0.15, 0.2) is 0 Å². The van der Waals surface area contributed by atoms with Gasteiger partial charge in [0.1, 0.15) is 0 Å². The molecule has 0 unspecified atom stereocenters. The second-order valence-corrected chi connectivity index (χ2v) is 2.94. The molecule has 0 aliphatic rings. The zero-order valence-corrected chi connectivity index (χ0v) is 8.16. The van der Waals surface area contributed by atoms with Gasteiger partial charge < -0.3 is 5.32 Å². The summed E-state index contributed by atoms with van der Waals surface area (Å²) in [5, 5.41) is 2.56. The van der Waals surface area contributed by atoms with Gasteiger partial charge >= 0.3 is 6.18 Å². The summed E-state index contributed by atoms with van der Waals surface area (Å²) in [5.41, 5.74) is 0.812. The average molecular weight is 230 g/mol. The van der Waals surface area contributed by atoms with Crippen LogP contribution in [0.25, 0.3) is 0 Å². The van der Waals surface area contributed by atoms with Crippen molar-refractivity contribution in [2.45, 2.75) is 12.7 Å². The van der Waals surface area contributed by atoms with Crippen molar-refractivity contribution in [1.29, 1.82) is 0 Å². The number of nitrogens with one attached hydrogen (secondary N) is 1. The molecule has 1 rings (SSSR count). The maximum atomic E-state index is 11.8. The van der Waals surface area contributed by atoms with E-state index >= 15 is 0 Å². The summed E-state index contributed by atoms with van der Waals surface area (Å²) in [6.45, 7) is 0.315. The monoisotopic (exact) mass is 230 g/mol. The molecule has 0 aliphatic carbocycles. The molecule has 86 valence electrons. The molecule has 6 heteroatoms. The summed E-state index contributed by atoms with van der Waals surface area (Å²) in [6.07, 6.45) is -0.218. The van der Waals surface area contributed by atoms with Gasteiger partial charge in [-0.25, -0.2) is 0 Å². The van der Waals surface area contributed by atoms with Crippen molar-refractivity contribution in [3.63, 3.8) is 0 Å². The molecule has 0 spiro atoms. The van der Waals surface area contributed by atoms with E-state index in [2.05, 4.69) is 10.3 Å². The fraction of sp³-hybridized carbons (Fsp3) is 0.200. The maximum absolute atomic E-state index is 11.8. The Kier molecular flexibility index (Phi) is 4.04. The van der Waals surface area contributed by atoms with E-state index in [1.165, 1.54) is 0 Å². The van der Waals surface area contributed by atoms with Gasteiger partial charge in [0, 0.05) is 31.2 Å². The SMILES string of the molecule is O=C(/C=C/NCc1cccnc1)C(F)(F)F. The van der Waals surface area contributed by atoms with Gasteiger partial charge in [-0.05, 0) is 11.6 Å². The van der Waals surface area contributed by atoms with Crippen LogP contribution in [0.2, 0.25) is 0 Å². The van der Waals surface area contributed by atoms with Gasteiger partial charge in [0.25, 0.3) is 5.78 Å². The third-order valence-corrected chi connectivity index (χ3v) is 1.66. The summed E-state index contributed by atoms with van der Waals surface area (Å²) in [5.74, 6) is -1.88. The number of nitrogens with zero attached hydrogens (tertiary/aromatic N) is 1. The van der Waals surface area contributed by atoms with E-state index < -0.39 is 12.0 Å². The number of carbonyl (C=O) groups is 1. The Labute approximate surface area is 90.0 Å². The van der Waals surface area contributed by atoms with Crippen LogP contribution in [0.1, 0.15) is 5.56 Å². The number of alkyl halides is 3. The number of rotatable bonds is 4. The quantitative estimate of drug-likeness (QED) is 0.802. The summed E-state index contributed by atoms with van der Waals surface area (Å²) in [6, 6.07) is 3.47. The van der Waals surface area contributed by atoms with Crippen LogP contribution in [-0.4, -0.2) is 16.9 Å². The first-order chi connectivity index (χ1) is 7.50. The molecule has 0 saturated carbocycles. The molecule has 0 radical (unpaired) electrons. The predicted octanol–water partition coefficient (Wildman–Crippen LogP) is 1.82. The highest BCUT2D eigenvalue weighted by molar-refractivity contribution is 5.94. The predicted molar refractivity (Wildman–Crippen MR) is 51.3 cm³/mol. The fourth-order valence-electron chi connectivity index (χ4n) is 0.909. The summed E-state index contributed by atoms with van der Waals surface area (Å²) >= 11 is 0. The van der Waals surface area contributed by atoms with E-state index in [-0.39, 0.29) is 0 Å². The number of aromatic nitrogens is 1. The molecule has 0 saturated heterocycles. The van der Waals surface area contributed by atoms with Crippen LogP contribution in [0.15, 0.2) is 36.8 Å². The lowest BCUT2D eigenvalue weighted by molar-refractivity contribution is -0.165. The lowest BCUT2D eigenvalue weighted by Gasteiger charge is -2.01. The van der Waals surface area contributed by atoms with Crippen molar-refractivity contribution in [3.05, 3.63) is 42.4 Å². The van der Waals surface area contributed by atoms with E-state index in [9.17, 15) is 18.0 Å². The number of carbonyl (C=O) groups excluding carboxylic acids is 1. The normalized spacial score (nSPS) is 11.7. The molecular weight excluding hydrogens is 221 g/mol. The van der Waals surface area contributed by atoms with Gasteiger partial charge in [-0.15, -0.1) is 0 Å². The fourth-order valence-corrected chi connectivity index (χ4v) is 0.909. The first kappa shape index (κ1) is 12.2. The van der Waals surface area contributed by atoms with E-state index in [0.717, 1.165) is 11.8 Å². The number of halogens is 3. The summed E-state index contributed by atoms with van der Waals surface area (Å²) in [4.78, 5) is 14.2. The summed E-state index contributed by atoms with van der Waals surface area (Å²) in [7, 11) is 0. The van der Waals surface area contributed by atoms with Crippen molar-refractivity contribution in [2.75, 3.05) is 0 Å². The highest BCUT2D eigenvalue weighted by Gasteiger charge is 2.35. The Morgan fingerprint density at radius 2 is 2.25 bits per heavy atom. The summed E-state index contributed by atoms with van der Waals surface area (Å²) < 4.78 is 35.3. The maximum Gasteiger partial charge on any atom is 0.454 e. The van der Waals surface area contributed by atoms with Crippen LogP contribution in [-0.2, 0) is 11.3 Å². The average Bonchev–Trinajstić information content (AvgIpc) is 2.24. The number of hydrogen-bond acceptors (Lipinski definition) is 3. The molecule has 16 heavy (non-hydrogen) atoms. The Morgan fingerprint density at radius 1 is 1.50 bits per heavy atom. The number of allylic oxidation sites excluding steroid dienone is 1. The molecule has 3 nitrogen and oxygen atoms in total. The molecule has 0 aromatic carbocycles. The molecular formula is C10H9F3N2O. The Bertz CT molecular complexity index is 373. The minimum atomic E-state index is -4.81. The molecule has 1 aromatic heterocycles. The lowest BCUT2D eigenvalue weighted by atomic mass is 10.3. The van der Waals surface area contributed by atoms with Gasteiger partial charge in [0.2, 0.25) is 0 Å². The lowest BCUT2D eigenvalue weighted by Crippen LogP contribution is -2.20. The highest BCUT2D eigenvalue weighted by Crippen LogP contribution is 2.15. The molecule has 0 aliphatic heterocycles. The molecule has 1 N–H and O–H groups in total. The number of pyridine rings is 1. The van der Waals surface area contributed by atoms with Crippen LogP contribution < -0.4 is 5.32 Å². The molecule has 1 aromatic rings. The van der Waals surface area contributed by atoms with E-state index in [4.69, 9.17) is 0 Å². The second-order valence-electron chi connectivity index (χ2n) is 2.94. The van der Waals surface area contributed by atoms with Gasteiger partial charge in [0.05, 0.1) is 0 Å². The topological polar surface area (TPSA) is 42.0 Å². The first-order valence-electron chi connectivity index (χ1n) is 4.40. The molecule has 0 bridgehead atoms. The Balaban J connectivity index is 2.37. The van der Waals surface area contributed by atoms with Crippen molar-refractivity contribution in [2.24, 2.45) is 0 Å². The largest absolute Gasteiger partial charge is 0.454 e. The van der Waals surface area contributed by atoms with Crippen LogP contribution in [0.4, 0.5) is 13.2 Å². The first-order valence-corrected chi connectivity index (χ1v) is 4.40. The Morgan fingerprint density at radius 3 is 2.81 bits per heavy atom. The third kappa shape index (κ3) is 4.12. The van der Waals surface area contributed by atoms with Gasteiger partial charge in [-0.1, -0.05) is 6.07 Å². The third-order valence-electron chi connectivity index (χ3n) is 1.66. The zero-order chi connectivity index (χ0) is 12.0. The van der Waals surface area contributed by atoms with E-state index in [1.54, 1.807) is 24.5 Å². The van der Waals surface area contributed by atoms with Crippen LogP contribution >= 0.6 is 0 Å². The minimum Gasteiger partial charge on any atom is -0.387 e. The van der Waals surface area contributed by atoms with Crippen LogP contribution in [0.5, 0.6) is 0 Å². The molecule has 0 atom stereocenters. The second kappa shape index (κ2) is 5.29. The van der Waals surface area contributed by atoms with Crippen molar-refractivity contribution >= 4 is 5.78 Å². The number of hydrogen-bond donors (Lipinski definition) is 1. The van der Waals surface area contributed by atoms with Crippen molar-refractivity contribution in [3.8, 4) is 0 Å². The van der Waals surface area contributed by atoms with Gasteiger partial charge in [-0.2, -0.15) is 13.2 Å². The zero-order valence-electron chi connectivity index (χ0n) is 8.16. The van der Waals surface area contributed by atoms with E-state index in [1.807, 2.05) is 0 Å². The van der Waals surface area contributed by atoms with Crippen molar-refractivity contribution in [1.82, 2.24) is 10.3 Å².